The van der Waals surface area contributed by atoms with Crippen molar-refractivity contribution in [3.8, 4) is 0 Å². The molecule has 5 nitrogen and oxygen atoms in total. The van der Waals surface area contributed by atoms with Crippen LogP contribution in [0.15, 0.2) is 24.4 Å². The number of esters is 1. The van der Waals surface area contributed by atoms with Gasteiger partial charge in [0.2, 0.25) is 10.0 Å². The Hall–Kier alpha value is -1.53. The molecule has 0 bridgehead atoms. The number of benzene rings is 1. The first-order valence-corrected chi connectivity index (χ1v) is 10.6. The summed E-state index contributed by atoms with van der Waals surface area (Å²) < 4.78 is 30.6. The second-order valence-electron chi connectivity index (χ2n) is 6.77. The molecule has 1 aliphatic carbocycles. The molecule has 0 amide bonds. The minimum absolute atomic E-state index is 0.334. The van der Waals surface area contributed by atoms with Gasteiger partial charge < -0.3 is 4.74 Å². The molecule has 1 aromatic carbocycles. The Bertz CT molecular complexity index is 897. The van der Waals surface area contributed by atoms with E-state index in [1.165, 1.54) is 23.9 Å². The second kappa shape index (κ2) is 7.00. The van der Waals surface area contributed by atoms with Gasteiger partial charge in [-0.25, -0.2) is 12.4 Å². The first-order chi connectivity index (χ1) is 11.8. The third-order valence-corrected chi connectivity index (χ3v) is 6.28. The minimum atomic E-state index is -3.49. The van der Waals surface area contributed by atoms with Gasteiger partial charge in [-0.15, -0.1) is 0 Å². The number of rotatable bonds is 5. The Labute approximate surface area is 153 Å². The number of methoxy groups -OCH3 is 1. The highest BCUT2D eigenvalue weighted by Gasteiger charge is 2.31. The van der Waals surface area contributed by atoms with Crippen molar-refractivity contribution < 1.29 is 17.9 Å². The molecule has 0 aliphatic heterocycles. The van der Waals surface area contributed by atoms with Gasteiger partial charge in [-0.3, -0.25) is 4.79 Å². The van der Waals surface area contributed by atoms with Crippen molar-refractivity contribution in [3.63, 3.8) is 0 Å². The molecule has 0 N–H and O–H groups in total. The first-order valence-electron chi connectivity index (χ1n) is 8.40. The van der Waals surface area contributed by atoms with Crippen molar-refractivity contribution in [2.45, 2.75) is 38.0 Å². The largest absolute Gasteiger partial charge is 0.469 e. The lowest BCUT2D eigenvalue weighted by atomic mass is 9.88. The van der Waals surface area contributed by atoms with Crippen LogP contribution in [-0.2, 0) is 19.6 Å². The predicted octanol–water partition coefficient (Wildman–Crippen LogP) is 3.94. The average Bonchev–Trinajstić information content (AvgIpc) is 3.18. The van der Waals surface area contributed by atoms with Crippen LogP contribution in [0.25, 0.3) is 10.9 Å². The van der Waals surface area contributed by atoms with Crippen LogP contribution in [0.3, 0.4) is 0 Å². The third kappa shape index (κ3) is 3.70. The molecule has 7 heteroatoms. The smallest absolute Gasteiger partial charge is 0.313 e. The number of aromatic nitrogens is 1. The lowest BCUT2D eigenvalue weighted by molar-refractivity contribution is -0.142. The summed E-state index contributed by atoms with van der Waals surface area (Å²) in [7, 11) is -2.13. The zero-order valence-corrected chi connectivity index (χ0v) is 15.9. The summed E-state index contributed by atoms with van der Waals surface area (Å²) >= 11 is 6.13. The van der Waals surface area contributed by atoms with Gasteiger partial charge in [0, 0.05) is 16.6 Å². The molecule has 2 aromatic rings. The number of ether oxygens (including phenoxy) is 1. The maximum absolute atomic E-state index is 12.5. The van der Waals surface area contributed by atoms with Crippen LogP contribution >= 0.6 is 11.6 Å². The van der Waals surface area contributed by atoms with E-state index in [0.29, 0.717) is 33.8 Å². The Kier molecular flexibility index (Phi) is 5.11. The average molecular weight is 384 g/mol. The van der Waals surface area contributed by atoms with Gasteiger partial charge in [0.15, 0.2) is 0 Å². The number of nitrogens with zero attached hydrogens (tertiary/aromatic N) is 1. The molecular formula is C18H22ClNO4S. The number of halogens is 1. The number of hydrogen-bond acceptors (Lipinski definition) is 4. The van der Waals surface area contributed by atoms with Gasteiger partial charge in [0.25, 0.3) is 0 Å². The zero-order valence-electron chi connectivity index (χ0n) is 14.4. The van der Waals surface area contributed by atoms with E-state index in [1.807, 2.05) is 0 Å². The molecule has 1 atom stereocenters. The van der Waals surface area contributed by atoms with Gasteiger partial charge in [-0.1, -0.05) is 37.3 Å². The Balaban J connectivity index is 2.15. The maximum Gasteiger partial charge on any atom is 0.313 e. The fourth-order valence-electron chi connectivity index (χ4n) is 3.82. The molecule has 1 unspecified atom stereocenters. The topological polar surface area (TPSA) is 65.4 Å². The fraction of sp³-hybridized carbons (Fsp3) is 0.500. The SMILES string of the molecule is COC(=O)C(CC1CCCC1)c1cn(S(C)(=O)=O)c2ccc(Cl)cc12. The number of carbonyl (C=O) groups is 1. The summed E-state index contributed by atoms with van der Waals surface area (Å²) in [5.41, 5.74) is 1.20. The van der Waals surface area contributed by atoms with Gasteiger partial charge in [0.05, 0.1) is 24.8 Å². The Morgan fingerprint density at radius 3 is 2.64 bits per heavy atom. The summed E-state index contributed by atoms with van der Waals surface area (Å²) in [5, 5.41) is 1.19. The van der Waals surface area contributed by atoms with Crippen molar-refractivity contribution in [3.05, 3.63) is 35.0 Å². The van der Waals surface area contributed by atoms with E-state index in [2.05, 4.69) is 0 Å². The van der Waals surface area contributed by atoms with Crippen LogP contribution in [-0.4, -0.2) is 31.7 Å². The van der Waals surface area contributed by atoms with Crippen LogP contribution in [0, 0.1) is 5.92 Å². The highest BCUT2D eigenvalue weighted by molar-refractivity contribution is 7.89. The first kappa shape index (κ1) is 18.3. The predicted molar refractivity (Wildman–Crippen MR) is 98.5 cm³/mol. The summed E-state index contributed by atoms with van der Waals surface area (Å²) in [4.78, 5) is 12.5. The molecule has 1 saturated carbocycles. The maximum atomic E-state index is 12.5. The Morgan fingerprint density at radius 1 is 1.36 bits per heavy atom. The van der Waals surface area contributed by atoms with Crippen LogP contribution in [0.4, 0.5) is 0 Å². The zero-order chi connectivity index (χ0) is 18.2. The van der Waals surface area contributed by atoms with E-state index < -0.39 is 15.9 Å². The number of fused-ring (bicyclic) bond motifs is 1. The van der Waals surface area contributed by atoms with Crippen molar-refractivity contribution >= 4 is 38.5 Å². The summed E-state index contributed by atoms with van der Waals surface area (Å²) in [6.07, 6.45) is 7.91. The number of hydrogen-bond donors (Lipinski definition) is 0. The summed E-state index contributed by atoms with van der Waals surface area (Å²) in [6.45, 7) is 0. The van der Waals surface area contributed by atoms with Crippen LogP contribution < -0.4 is 0 Å². The van der Waals surface area contributed by atoms with Crippen molar-refractivity contribution in [1.29, 1.82) is 0 Å². The molecule has 25 heavy (non-hydrogen) atoms. The summed E-state index contributed by atoms with van der Waals surface area (Å²) in [6, 6.07) is 5.05. The molecule has 0 spiro atoms. The molecule has 1 heterocycles. The monoisotopic (exact) mass is 383 g/mol. The number of carbonyl (C=O) groups excluding carboxylic acids is 1. The normalized spacial score (nSPS) is 17.1. The van der Waals surface area contributed by atoms with Crippen LogP contribution in [0.5, 0.6) is 0 Å². The van der Waals surface area contributed by atoms with E-state index in [4.69, 9.17) is 16.3 Å². The quantitative estimate of drug-likeness (QED) is 0.733. The van der Waals surface area contributed by atoms with E-state index in [-0.39, 0.29) is 5.97 Å². The third-order valence-electron chi connectivity index (χ3n) is 5.03. The molecule has 1 aromatic heterocycles. The fourth-order valence-corrected chi connectivity index (χ4v) is 4.81. The van der Waals surface area contributed by atoms with Crippen LogP contribution in [0.2, 0.25) is 5.02 Å². The van der Waals surface area contributed by atoms with Crippen LogP contribution in [0.1, 0.15) is 43.6 Å². The molecule has 0 radical (unpaired) electrons. The molecule has 1 aliphatic rings. The van der Waals surface area contributed by atoms with Gasteiger partial charge >= 0.3 is 5.97 Å². The van der Waals surface area contributed by atoms with E-state index in [9.17, 15) is 13.2 Å². The lowest BCUT2D eigenvalue weighted by Crippen LogP contribution is -2.17. The van der Waals surface area contributed by atoms with Crippen molar-refractivity contribution in [2.24, 2.45) is 5.92 Å². The second-order valence-corrected chi connectivity index (χ2v) is 9.06. The van der Waals surface area contributed by atoms with E-state index >= 15 is 0 Å². The van der Waals surface area contributed by atoms with Gasteiger partial charge in [-0.2, -0.15) is 0 Å². The van der Waals surface area contributed by atoms with Crippen molar-refractivity contribution in [1.82, 2.24) is 3.97 Å². The standard InChI is InChI=1S/C18H22ClNO4S/c1-24-18(21)15(9-12-5-3-4-6-12)16-11-20(25(2,22)23)17-8-7-13(19)10-14(16)17/h7-8,10-12,15H,3-6,9H2,1-2H3. The minimum Gasteiger partial charge on any atom is -0.469 e. The molecule has 1 fully saturated rings. The molecule has 136 valence electrons. The summed E-state index contributed by atoms with van der Waals surface area (Å²) in [5.74, 6) is -0.364. The van der Waals surface area contributed by atoms with Crippen molar-refractivity contribution in [2.75, 3.05) is 13.4 Å². The Morgan fingerprint density at radius 2 is 2.04 bits per heavy atom. The highest BCUT2D eigenvalue weighted by atomic mass is 35.5. The van der Waals surface area contributed by atoms with E-state index in [1.54, 1.807) is 24.4 Å². The molecule has 0 saturated heterocycles. The van der Waals surface area contributed by atoms with Gasteiger partial charge in [-0.05, 0) is 36.1 Å². The molecular weight excluding hydrogens is 362 g/mol. The highest BCUT2D eigenvalue weighted by Crippen LogP contribution is 2.38. The van der Waals surface area contributed by atoms with E-state index in [0.717, 1.165) is 19.1 Å². The van der Waals surface area contributed by atoms with Gasteiger partial charge in [0.1, 0.15) is 0 Å². The molecule has 3 rings (SSSR count). The lowest BCUT2D eigenvalue weighted by Gasteiger charge is -2.18.